The molecular weight excluding hydrogens is 556 g/mol. The minimum atomic E-state index is -3.70. The van der Waals surface area contributed by atoms with E-state index in [1.807, 2.05) is 29.5 Å². The van der Waals surface area contributed by atoms with E-state index in [0.717, 1.165) is 16.2 Å². The number of thioether (sulfide) groups is 1. The van der Waals surface area contributed by atoms with Crippen molar-refractivity contribution in [3.63, 3.8) is 0 Å². The topological polar surface area (TPSA) is 117 Å². The monoisotopic (exact) mass is 577 g/mol. The Morgan fingerprint density at radius 2 is 2.10 bits per heavy atom. The summed E-state index contributed by atoms with van der Waals surface area (Å²) in [6, 6.07) is 4.60. The summed E-state index contributed by atoms with van der Waals surface area (Å²) >= 11 is 3.56. The maximum atomic E-state index is 15.2. The number of carbonyl (C=O) groups is 1. The summed E-state index contributed by atoms with van der Waals surface area (Å²) in [5, 5.41) is 11.2. The average molecular weight is 577 g/mol. The van der Waals surface area contributed by atoms with Crippen molar-refractivity contribution in [3.8, 4) is 0 Å². The molecule has 0 fully saturated rings. The predicted octanol–water partition coefficient (Wildman–Crippen LogP) is 4.55. The average Bonchev–Trinajstić information content (AvgIpc) is 3.11. The molecule has 3 rings (SSSR count). The van der Waals surface area contributed by atoms with E-state index in [1.54, 1.807) is 19.1 Å². The molecular formula is C19H21FIN5O3S2. The van der Waals surface area contributed by atoms with Gasteiger partial charge in [0.05, 0.1) is 34.3 Å². The highest BCUT2D eigenvalue weighted by Crippen LogP contribution is 2.28. The largest absolute Gasteiger partial charge is 0.320 e. The van der Waals surface area contributed by atoms with Crippen LogP contribution in [0.1, 0.15) is 36.2 Å². The summed E-state index contributed by atoms with van der Waals surface area (Å²) in [5.74, 6) is -0.918. The van der Waals surface area contributed by atoms with Gasteiger partial charge >= 0.3 is 0 Å². The summed E-state index contributed by atoms with van der Waals surface area (Å²) < 4.78 is 41.9. The van der Waals surface area contributed by atoms with Gasteiger partial charge in [0, 0.05) is 4.43 Å². The maximum absolute atomic E-state index is 15.2. The smallest absolute Gasteiger partial charge is 0.259 e. The van der Waals surface area contributed by atoms with Crippen molar-refractivity contribution in [1.82, 2.24) is 15.2 Å². The Hall–Kier alpha value is -1.93. The Bertz CT molecular complexity index is 1220. The Kier molecular flexibility index (Phi) is 7.75. The maximum Gasteiger partial charge on any atom is 0.259 e. The van der Waals surface area contributed by atoms with Gasteiger partial charge in [0.1, 0.15) is 5.03 Å². The molecule has 12 heteroatoms. The van der Waals surface area contributed by atoms with Crippen LogP contribution in [0.2, 0.25) is 0 Å². The number of sulfonamides is 1. The number of nitrogens with zero attached hydrogens (tertiary/aromatic N) is 2. The molecule has 0 bridgehead atoms. The van der Waals surface area contributed by atoms with E-state index in [2.05, 4.69) is 25.2 Å². The normalized spacial score (nSPS) is 11.6. The van der Waals surface area contributed by atoms with Crippen LogP contribution in [0.15, 0.2) is 29.4 Å². The Labute approximate surface area is 197 Å². The number of aromatic nitrogens is 3. The number of rotatable bonds is 9. The Morgan fingerprint density at radius 1 is 1.32 bits per heavy atom. The number of anilines is 2. The van der Waals surface area contributed by atoms with Crippen LogP contribution in [0.4, 0.5) is 15.8 Å². The molecule has 1 aromatic carbocycles. The van der Waals surface area contributed by atoms with Crippen molar-refractivity contribution in [3.05, 3.63) is 41.3 Å². The zero-order chi connectivity index (χ0) is 22.6. The molecule has 3 aromatic rings. The van der Waals surface area contributed by atoms with E-state index in [9.17, 15) is 13.2 Å². The van der Waals surface area contributed by atoms with Gasteiger partial charge in [0.15, 0.2) is 11.5 Å². The molecule has 8 nitrogen and oxygen atoms in total. The quantitative estimate of drug-likeness (QED) is 0.195. The van der Waals surface area contributed by atoms with Crippen LogP contribution in [0.25, 0.3) is 11.0 Å². The minimum absolute atomic E-state index is 0.142. The van der Waals surface area contributed by atoms with Crippen molar-refractivity contribution in [1.29, 1.82) is 0 Å². The number of amides is 1. The van der Waals surface area contributed by atoms with Crippen LogP contribution in [0.3, 0.4) is 0 Å². The standard InChI is InChI=1S/C19H21FIN5O3S2/c1-3-7-31(28,29)26-14-6-5-11(9-21)15(16(14)20)18(27)23-12-8-13-17(22-10-12)24-25-19(13)30-4-2/h5-6,8,10,26H,3-4,7,9H2,1-2H3,(H,23,27)(H,22,24,25). The van der Waals surface area contributed by atoms with Crippen LogP contribution in [-0.2, 0) is 14.5 Å². The first-order valence-corrected chi connectivity index (χ1v) is 13.6. The molecule has 0 atom stereocenters. The van der Waals surface area contributed by atoms with Gasteiger partial charge in [-0.1, -0.05) is 42.5 Å². The minimum Gasteiger partial charge on any atom is -0.320 e. The van der Waals surface area contributed by atoms with Gasteiger partial charge in [0.25, 0.3) is 5.91 Å². The lowest BCUT2D eigenvalue weighted by Crippen LogP contribution is -2.20. The fraction of sp³-hybridized carbons (Fsp3) is 0.316. The van der Waals surface area contributed by atoms with E-state index < -0.39 is 21.7 Å². The van der Waals surface area contributed by atoms with Gasteiger partial charge in [-0.3, -0.25) is 14.6 Å². The van der Waals surface area contributed by atoms with Gasteiger partial charge in [0.2, 0.25) is 10.0 Å². The van der Waals surface area contributed by atoms with Crippen molar-refractivity contribution in [2.24, 2.45) is 0 Å². The third-order valence-electron chi connectivity index (χ3n) is 4.26. The number of H-pyrrole nitrogens is 1. The number of aromatic amines is 1. The van der Waals surface area contributed by atoms with Gasteiger partial charge in [-0.25, -0.2) is 17.8 Å². The molecule has 0 aliphatic carbocycles. The summed E-state index contributed by atoms with van der Waals surface area (Å²) in [6.07, 6.45) is 1.84. The molecule has 166 valence electrons. The third kappa shape index (κ3) is 5.47. The van der Waals surface area contributed by atoms with Gasteiger partial charge < -0.3 is 5.32 Å². The summed E-state index contributed by atoms with van der Waals surface area (Å²) in [7, 11) is -3.70. The molecule has 3 N–H and O–H groups in total. The molecule has 0 saturated carbocycles. The number of benzene rings is 1. The SMILES string of the molecule is CCCS(=O)(=O)Nc1ccc(CI)c(C(=O)Nc2cnc3[nH]nc(SCC)c3c2)c1F. The number of fused-ring (bicyclic) bond motifs is 1. The molecule has 0 aliphatic rings. The van der Waals surface area contributed by atoms with Gasteiger partial charge in [-0.2, -0.15) is 5.10 Å². The summed E-state index contributed by atoms with van der Waals surface area (Å²) in [6.45, 7) is 3.71. The molecule has 31 heavy (non-hydrogen) atoms. The molecule has 0 spiro atoms. The number of carbonyl (C=O) groups excluding carboxylic acids is 1. The van der Waals surface area contributed by atoms with E-state index in [-0.39, 0.29) is 17.0 Å². The predicted molar refractivity (Wildman–Crippen MR) is 130 cm³/mol. The number of halogens is 2. The van der Waals surface area contributed by atoms with Crippen LogP contribution >= 0.6 is 34.4 Å². The lowest BCUT2D eigenvalue weighted by molar-refractivity contribution is 0.102. The van der Waals surface area contributed by atoms with Crippen molar-refractivity contribution < 1.29 is 17.6 Å². The highest BCUT2D eigenvalue weighted by molar-refractivity contribution is 14.1. The van der Waals surface area contributed by atoms with Gasteiger partial charge in [-0.05, 0) is 29.9 Å². The zero-order valence-electron chi connectivity index (χ0n) is 16.8. The van der Waals surface area contributed by atoms with E-state index in [0.29, 0.717) is 27.7 Å². The number of pyridine rings is 1. The third-order valence-corrected chi connectivity index (χ3v) is 7.43. The highest BCUT2D eigenvalue weighted by Gasteiger charge is 2.22. The lowest BCUT2D eigenvalue weighted by atomic mass is 10.1. The van der Waals surface area contributed by atoms with Crippen LogP contribution in [0, 0.1) is 5.82 Å². The first kappa shape index (κ1) is 23.7. The molecule has 0 aliphatic heterocycles. The molecule has 1 amide bonds. The van der Waals surface area contributed by atoms with Crippen LogP contribution in [0.5, 0.6) is 0 Å². The van der Waals surface area contributed by atoms with Crippen molar-refractivity contribution in [2.45, 2.75) is 29.7 Å². The van der Waals surface area contributed by atoms with Crippen LogP contribution < -0.4 is 10.0 Å². The first-order valence-electron chi connectivity index (χ1n) is 9.45. The second kappa shape index (κ2) is 10.1. The van der Waals surface area contributed by atoms with Gasteiger partial charge in [-0.15, -0.1) is 11.8 Å². The Balaban J connectivity index is 1.94. The van der Waals surface area contributed by atoms with Crippen molar-refractivity contribution >= 4 is 72.7 Å². The molecule has 2 aromatic heterocycles. The second-order valence-electron chi connectivity index (χ2n) is 6.55. The summed E-state index contributed by atoms with van der Waals surface area (Å²) in [4.78, 5) is 17.2. The first-order chi connectivity index (χ1) is 14.8. The number of nitrogens with one attached hydrogen (secondary N) is 3. The summed E-state index contributed by atoms with van der Waals surface area (Å²) in [5.41, 5.74) is 0.959. The molecule has 0 saturated heterocycles. The van der Waals surface area contributed by atoms with E-state index in [4.69, 9.17) is 0 Å². The number of hydrogen-bond donors (Lipinski definition) is 3. The number of hydrogen-bond acceptors (Lipinski definition) is 6. The number of alkyl halides is 1. The van der Waals surface area contributed by atoms with Crippen molar-refractivity contribution in [2.75, 3.05) is 21.5 Å². The fourth-order valence-corrected chi connectivity index (χ4v) is 5.39. The zero-order valence-corrected chi connectivity index (χ0v) is 20.6. The molecule has 0 radical (unpaired) electrons. The highest BCUT2D eigenvalue weighted by atomic mass is 127. The molecule has 2 heterocycles. The lowest BCUT2D eigenvalue weighted by Gasteiger charge is -2.14. The Morgan fingerprint density at radius 3 is 2.77 bits per heavy atom. The van der Waals surface area contributed by atoms with Crippen LogP contribution in [-0.4, -0.2) is 41.0 Å². The fourth-order valence-electron chi connectivity index (χ4n) is 2.93. The molecule has 0 unspecified atom stereocenters. The van der Waals surface area contributed by atoms with E-state index >= 15 is 4.39 Å². The van der Waals surface area contributed by atoms with E-state index in [1.165, 1.54) is 24.0 Å². The second-order valence-corrected chi connectivity index (χ2v) is 10.4.